The molecule has 1 atom stereocenters. The third-order valence-corrected chi connectivity index (χ3v) is 4.78. The van der Waals surface area contributed by atoms with Gasteiger partial charge in [-0.3, -0.25) is 4.79 Å². The first kappa shape index (κ1) is 22.1. The van der Waals surface area contributed by atoms with Crippen molar-refractivity contribution in [1.82, 2.24) is 5.32 Å². The number of carbonyl (C=O) groups is 1. The van der Waals surface area contributed by atoms with Gasteiger partial charge in [0.1, 0.15) is 5.82 Å². The number of amides is 1. The molecule has 7 heteroatoms. The molecular weight excluding hydrogens is 383 g/mol. The number of nitrogen functional groups attached to an aromatic ring is 1. The van der Waals surface area contributed by atoms with E-state index in [-0.39, 0.29) is 36.8 Å². The van der Waals surface area contributed by atoms with Gasteiger partial charge in [0.25, 0.3) is 5.91 Å². The average molecular weight is 409 g/mol. The zero-order chi connectivity index (χ0) is 19.2. The summed E-state index contributed by atoms with van der Waals surface area (Å²) in [6, 6.07) is 10.1. The first-order valence-electron chi connectivity index (χ1n) is 9.12. The lowest BCUT2D eigenvalue weighted by Crippen LogP contribution is -2.31. The van der Waals surface area contributed by atoms with Crippen LogP contribution < -0.4 is 11.1 Å². The molecule has 0 saturated carbocycles. The summed E-state index contributed by atoms with van der Waals surface area (Å²) in [7, 11) is 1.58. The highest BCUT2D eigenvalue weighted by Crippen LogP contribution is 2.31. The Labute approximate surface area is 170 Å². The number of carbonyl (C=O) groups excluding carboxylic acids is 1. The number of methoxy groups -OCH3 is 1. The minimum Gasteiger partial charge on any atom is -0.399 e. The van der Waals surface area contributed by atoms with Gasteiger partial charge in [0.2, 0.25) is 0 Å². The Morgan fingerprint density at radius 3 is 2.86 bits per heavy atom. The topological polar surface area (TPSA) is 73.6 Å². The molecule has 3 N–H and O–H groups in total. The van der Waals surface area contributed by atoms with Crippen LogP contribution in [-0.4, -0.2) is 26.2 Å². The van der Waals surface area contributed by atoms with Gasteiger partial charge in [0.05, 0.1) is 25.9 Å². The van der Waals surface area contributed by atoms with Crippen molar-refractivity contribution < 1.29 is 18.7 Å². The van der Waals surface area contributed by atoms with E-state index in [9.17, 15) is 9.18 Å². The molecule has 0 aliphatic heterocycles. The molecule has 0 heterocycles. The zero-order valence-corrected chi connectivity index (χ0v) is 16.7. The van der Waals surface area contributed by atoms with Crippen LogP contribution in [0.4, 0.5) is 10.1 Å². The van der Waals surface area contributed by atoms with E-state index in [0.29, 0.717) is 24.3 Å². The summed E-state index contributed by atoms with van der Waals surface area (Å²) in [5, 5.41) is 3.07. The summed E-state index contributed by atoms with van der Waals surface area (Å²) in [6.07, 6.45) is 2.83. The van der Waals surface area contributed by atoms with Crippen LogP contribution in [0, 0.1) is 5.82 Å². The highest BCUT2D eigenvalue weighted by molar-refractivity contribution is 5.94. The smallest absolute Gasteiger partial charge is 0.251 e. The third kappa shape index (κ3) is 5.44. The molecule has 28 heavy (non-hydrogen) atoms. The zero-order valence-electron chi connectivity index (χ0n) is 15.9. The lowest BCUT2D eigenvalue weighted by molar-refractivity contribution is 0.0603. The number of hydrogen-bond donors (Lipinski definition) is 2. The molecule has 152 valence electrons. The van der Waals surface area contributed by atoms with Crippen molar-refractivity contribution >= 4 is 24.0 Å². The number of nitrogens with two attached hydrogens (primary N) is 1. The number of anilines is 1. The molecule has 1 aliphatic rings. The van der Waals surface area contributed by atoms with Crippen LogP contribution in [0.1, 0.15) is 45.9 Å². The van der Waals surface area contributed by atoms with Crippen molar-refractivity contribution in [3.8, 4) is 0 Å². The fourth-order valence-corrected chi connectivity index (χ4v) is 3.38. The normalized spacial score (nSPS) is 15.4. The molecule has 0 saturated heterocycles. The molecule has 2 aromatic rings. The molecule has 5 nitrogen and oxygen atoms in total. The van der Waals surface area contributed by atoms with Crippen LogP contribution in [0.3, 0.4) is 0 Å². The van der Waals surface area contributed by atoms with Gasteiger partial charge in [0.15, 0.2) is 0 Å². The SMILES string of the molecule is COCCOCc1cc(C(=O)NC2CCCc3cc(N)ccc32)ccc1F.Cl. The van der Waals surface area contributed by atoms with Gasteiger partial charge in [0, 0.05) is 23.9 Å². The maximum atomic E-state index is 14.0. The maximum Gasteiger partial charge on any atom is 0.251 e. The fourth-order valence-electron chi connectivity index (χ4n) is 3.38. The van der Waals surface area contributed by atoms with E-state index >= 15 is 0 Å². The number of benzene rings is 2. The van der Waals surface area contributed by atoms with E-state index in [1.54, 1.807) is 13.2 Å². The summed E-state index contributed by atoms with van der Waals surface area (Å²) in [4.78, 5) is 12.7. The molecule has 1 aliphatic carbocycles. The van der Waals surface area contributed by atoms with Crippen molar-refractivity contribution in [3.63, 3.8) is 0 Å². The summed E-state index contributed by atoms with van der Waals surface area (Å²) in [6.45, 7) is 0.906. The third-order valence-electron chi connectivity index (χ3n) is 4.78. The van der Waals surface area contributed by atoms with Crippen LogP contribution in [0.2, 0.25) is 0 Å². The van der Waals surface area contributed by atoms with Gasteiger partial charge in [-0.2, -0.15) is 0 Å². The molecule has 3 rings (SSSR count). The van der Waals surface area contributed by atoms with Crippen molar-refractivity contribution in [2.45, 2.75) is 31.9 Å². The number of nitrogens with one attached hydrogen (secondary N) is 1. The Morgan fingerprint density at radius 2 is 2.07 bits per heavy atom. The molecular formula is C21H26ClFN2O3. The first-order chi connectivity index (χ1) is 13.1. The number of rotatable bonds is 7. The second-order valence-electron chi connectivity index (χ2n) is 6.73. The number of hydrogen-bond acceptors (Lipinski definition) is 4. The van der Waals surface area contributed by atoms with E-state index in [1.165, 1.54) is 17.7 Å². The maximum absolute atomic E-state index is 14.0. The number of aryl methyl sites for hydroxylation is 1. The second kappa shape index (κ2) is 10.4. The Bertz CT molecular complexity index is 816. The van der Waals surface area contributed by atoms with Crippen molar-refractivity contribution in [2.75, 3.05) is 26.1 Å². The monoisotopic (exact) mass is 408 g/mol. The first-order valence-corrected chi connectivity index (χ1v) is 9.12. The van der Waals surface area contributed by atoms with Crippen LogP contribution in [-0.2, 0) is 22.5 Å². The van der Waals surface area contributed by atoms with E-state index in [0.717, 1.165) is 30.5 Å². The quantitative estimate of drug-likeness (QED) is 0.540. The summed E-state index contributed by atoms with van der Waals surface area (Å²) >= 11 is 0. The van der Waals surface area contributed by atoms with Gasteiger partial charge in [-0.15, -0.1) is 12.4 Å². The van der Waals surface area contributed by atoms with Gasteiger partial charge < -0.3 is 20.5 Å². The van der Waals surface area contributed by atoms with Crippen LogP contribution in [0.5, 0.6) is 0 Å². The Morgan fingerprint density at radius 1 is 1.25 bits per heavy atom. The predicted molar refractivity (Wildman–Crippen MR) is 109 cm³/mol. The minimum atomic E-state index is -0.387. The Hall–Kier alpha value is -2.15. The molecule has 2 aromatic carbocycles. The summed E-state index contributed by atoms with van der Waals surface area (Å²) < 4.78 is 24.3. The lowest BCUT2D eigenvalue weighted by Gasteiger charge is -2.26. The number of fused-ring (bicyclic) bond motifs is 1. The van der Waals surface area contributed by atoms with E-state index in [4.69, 9.17) is 15.2 Å². The molecule has 0 fully saturated rings. The van der Waals surface area contributed by atoms with Crippen molar-refractivity contribution in [3.05, 3.63) is 64.5 Å². The average Bonchev–Trinajstić information content (AvgIpc) is 2.66. The summed E-state index contributed by atoms with van der Waals surface area (Å²) in [5.41, 5.74) is 9.66. The molecule has 1 unspecified atom stereocenters. The van der Waals surface area contributed by atoms with Crippen molar-refractivity contribution in [2.24, 2.45) is 0 Å². The molecule has 0 aromatic heterocycles. The fraction of sp³-hybridized carbons (Fsp3) is 0.381. The lowest BCUT2D eigenvalue weighted by atomic mass is 9.87. The number of halogens is 2. The highest BCUT2D eigenvalue weighted by atomic mass is 35.5. The van der Waals surface area contributed by atoms with Crippen LogP contribution in [0.25, 0.3) is 0 Å². The van der Waals surface area contributed by atoms with Gasteiger partial charge in [-0.25, -0.2) is 4.39 Å². The molecule has 0 bridgehead atoms. The van der Waals surface area contributed by atoms with E-state index in [1.807, 2.05) is 18.2 Å². The summed E-state index contributed by atoms with van der Waals surface area (Å²) in [5.74, 6) is -0.606. The van der Waals surface area contributed by atoms with Crippen molar-refractivity contribution in [1.29, 1.82) is 0 Å². The van der Waals surface area contributed by atoms with Crippen LogP contribution in [0.15, 0.2) is 36.4 Å². The molecule has 1 amide bonds. The largest absolute Gasteiger partial charge is 0.399 e. The Kier molecular flexibility index (Phi) is 8.23. The van der Waals surface area contributed by atoms with E-state index < -0.39 is 0 Å². The van der Waals surface area contributed by atoms with E-state index in [2.05, 4.69) is 5.32 Å². The van der Waals surface area contributed by atoms with Crippen LogP contribution >= 0.6 is 12.4 Å². The molecule has 0 radical (unpaired) electrons. The standard InChI is InChI=1S/C21H25FN2O3.ClH/c1-26-9-10-27-13-16-11-15(5-8-19(16)22)21(25)24-20-4-2-3-14-12-17(23)6-7-18(14)20;/h5-8,11-12,20H,2-4,9-10,13,23H2,1H3,(H,24,25);1H. The Balaban J connectivity index is 0.00000280. The minimum absolute atomic E-state index is 0. The van der Waals surface area contributed by atoms with Gasteiger partial charge in [-0.1, -0.05) is 6.07 Å². The molecule has 0 spiro atoms. The highest BCUT2D eigenvalue weighted by Gasteiger charge is 2.22. The van der Waals surface area contributed by atoms with Gasteiger partial charge >= 0.3 is 0 Å². The predicted octanol–water partition coefficient (Wildman–Crippen LogP) is 3.80. The number of ether oxygens (including phenoxy) is 2. The van der Waals surface area contributed by atoms with Gasteiger partial charge in [-0.05, 0) is 60.7 Å². The second-order valence-corrected chi connectivity index (χ2v) is 6.73.